The molecule has 2 atom stereocenters. The smallest absolute Gasteiger partial charge is 0.0124 e. The van der Waals surface area contributed by atoms with Gasteiger partial charge in [0.15, 0.2) is 0 Å². The number of rotatable bonds is 6. The third-order valence-electron chi connectivity index (χ3n) is 2.25. The van der Waals surface area contributed by atoms with E-state index in [0.717, 1.165) is 0 Å². The van der Waals surface area contributed by atoms with E-state index in [2.05, 4.69) is 25.7 Å². The number of nitrogens with one attached hydrogen (secondary N) is 1. The Hall–Kier alpha value is -0.300. The van der Waals surface area contributed by atoms with E-state index in [0.29, 0.717) is 12.0 Å². The van der Waals surface area contributed by atoms with Gasteiger partial charge in [-0.1, -0.05) is 32.8 Å². The Balaban J connectivity index is 3.64. The van der Waals surface area contributed by atoms with Gasteiger partial charge >= 0.3 is 0 Å². The second kappa shape index (κ2) is 6.41. The highest BCUT2D eigenvalue weighted by Gasteiger charge is 2.10. The molecule has 0 aliphatic carbocycles. The largest absolute Gasteiger partial charge is 0.316 e. The lowest BCUT2D eigenvalue weighted by molar-refractivity contribution is 0.422. The summed E-state index contributed by atoms with van der Waals surface area (Å²) in [5.74, 6) is 0.589. The van der Waals surface area contributed by atoms with Gasteiger partial charge in [-0.2, -0.15) is 0 Å². The lowest BCUT2D eigenvalue weighted by Crippen LogP contribution is -2.30. The molecule has 66 valence electrons. The van der Waals surface area contributed by atoms with Crippen molar-refractivity contribution in [3.8, 4) is 0 Å². The standard InChI is InChI=1S/C10H21N/c1-5-7-8-10(11-4)9(3)6-2/h6,9-11H,2,5,7-8H2,1,3-4H3. The highest BCUT2D eigenvalue weighted by Crippen LogP contribution is 2.10. The van der Waals surface area contributed by atoms with Gasteiger partial charge < -0.3 is 5.32 Å². The first-order valence-corrected chi connectivity index (χ1v) is 4.56. The molecule has 1 heteroatoms. The van der Waals surface area contributed by atoms with Crippen LogP contribution in [0.2, 0.25) is 0 Å². The van der Waals surface area contributed by atoms with Crippen molar-refractivity contribution in [3.05, 3.63) is 12.7 Å². The predicted molar refractivity (Wildman–Crippen MR) is 51.7 cm³/mol. The van der Waals surface area contributed by atoms with Crippen molar-refractivity contribution in [3.63, 3.8) is 0 Å². The molecule has 1 nitrogen and oxygen atoms in total. The molecule has 0 rings (SSSR count). The van der Waals surface area contributed by atoms with Crippen LogP contribution in [0.5, 0.6) is 0 Å². The molecular formula is C10H21N. The van der Waals surface area contributed by atoms with Crippen LogP contribution in [0.3, 0.4) is 0 Å². The van der Waals surface area contributed by atoms with E-state index in [1.54, 1.807) is 0 Å². The monoisotopic (exact) mass is 155 g/mol. The summed E-state index contributed by atoms with van der Waals surface area (Å²) in [5, 5.41) is 3.32. The molecule has 11 heavy (non-hydrogen) atoms. The molecule has 0 fully saturated rings. The van der Waals surface area contributed by atoms with Crippen molar-refractivity contribution >= 4 is 0 Å². The average Bonchev–Trinajstić information content (AvgIpc) is 2.05. The summed E-state index contributed by atoms with van der Waals surface area (Å²) >= 11 is 0. The topological polar surface area (TPSA) is 12.0 Å². The highest BCUT2D eigenvalue weighted by atomic mass is 14.9. The Morgan fingerprint density at radius 1 is 1.55 bits per heavy atom. The zero-order valence-electron chi connectivity index (χ0n) is 8.06. The van der Waals surface area contributed by atoms with Crippen molar-refractivity contribution in [2.75, 3.05) is 7.05 Å². The summed E-state index contributed by atoms with van der Waals surface area (Å²) in [5.41, 5.74) is 0. The van der Waals surface area contributed by atoms with Gasteiger partial charge in [0.25, 0.3) is 0 Å². The fraction of sp³-hybridized carbons (Fsp3) is 0.800. The molecule has 0 radical (unpaired) electrons. The molecular weight excluding hydrogens is 134 g/mol. The molecule has 0 saturated heterocycles. The molecule has 0 aromatic carbocycles. The van der Waals surface area contributed by atoms with Gasteiger partial charge in [0.2, 0.25) is 0 Å². The van der Waals surface area contributed by atoms with E-state index in [4.69, 9.17) is 0 Å². The van der Waals surface area contributed by atoms with E-state index in [9.17, 15) is 0 Å². The van der Waals surface area contributed by atoms with Gasteiger partial charge in [-0.15, -0.1) is 6.58 Å². The van der Waals surface area contributed by atoms with Gasteiger partial charge in [-0.25, -0.2) is 0 Å². The van der Waals surface area contributed by atoms with Crippen molar-refractivity contribution in [1.82, 2.24) is 5.32 Å². The van der Waals surface area contributed by atoms with E-state index < -0.39 is 0 Å². The van der Waals surface area contributed by atoms with Crippen LogP contribution >= 0.6 is 0 Å². The van der Waals surface area contributed by atoms with Crippen molar-refractivity contribution in [2.45, 2.75) is 39.2 Å². The molecule has 0 heterocycles. The maximum absolute atomic E-state index is 3.80. The van der Waals surface area contributed by atoms with Gasteiger partial charge in [-0.05, 0) is 19.4 Å². The number of hydrogen-bond acceptors (Lipinski definition) is 1. The normalized spacial score (nSPS) is 15.9. The maximum atomic E-state index is 3.80. The lowest BCUT2D eigenvalue weighted by atomic mass is 9.97. The third-order valence-corrected chi connectivity index (χ3v) is 2.25. The van der Waals surface area contributed by atoms with Crippen LogP contribution in [0.1, 0.15) is 33.1 Å². The molecule has 2 unspecified atom stereocenters. The molecule has 0 aliphatic heterocycles. The predicted octanol–water partition coefficient (Wildman–Crippen LogP) is 2.59. The van der Waals surface area contributed by atoms with Crippen molar-refractivity contribution in [2.24, 2.45) is 5.92 Å². The SMILES string of the molecule is C=CC(C)C(CCCC)NC. The molecule has 0 aromatic heterocycles. The van der Waals surface area contributed by atoms with Gasteiger partial charge in [0, 0.05) is 6.04 Å². The average molecular weight is 155 g/mol. The number of unbranched alkanes of at least 4 members (excludes halogenated alkanes) is 1. The lowest BCUT2D eigenvalue weighted by Gasteiger charge is -2.20. The Bertz CT molecular complexity index is 99.0. The van der Waals surface area contributed by atoms with E-state index in [1.165, 1.54) is 19.3 Å². The minimum absolute atomic E-state index is 0.589. The van der Waals surface area contributed by atoms with Crippen LogP contribution in [-0.2, 0) is 0 Å². The van der Waals surface area contributed by atoms with Crippen LogP contribution in [0.15, 0.2) is 12.7 Å². The summed E-state index contributed by atoms with van der Waals surface area (Å²) in [4.78, 5) is 0. The summed E-state index contributed by atoms with van der Waals surface area (Å²) in [6, 6.07) is 0.618. The molecule has 0 saturated carbocycles. The Kier molecular flexibility index (Phi) is 6.24. The molecule has 0 aliphatic rings. The first-order chi connectivity index (χ1) is 5.26. The van der Waals surface area contributed by atoms with E-state index >= 15 is 0 Å². The fourth-order valence-electron chi connectivity index (χ4n) is 1.26. The van der Waals surface area contributed by atoms with Crippen LogP contribution in [0.4, 0.5) is 0 Å². The highest BCUT2D eigenvalue weighted by molar-refractivity contribution is 4.84. The van der Waals surface area contributed by atoms with Crippen molar-refractivity contribution < 1.29 is 0 Å². The first-order valence-electron chi connectivity index (χ1n) is 4.56. The Morgan fingerprint density at radius 3 is 2.55 bits per heavy atom. The minimum Gasteiger partial charge on any atom is -0.316 e. The maximum Gasteiger partial charge on any atom is 0.0124 e. The van der Waals surface area contributed by atoms with Gasteiger partial charge in [0.05, 0.1) is 0 Å². The Labute approximate surface area is 70.9 Å². The van der Waals surface area contributed by atoms with Gasteiger partial charge in [0.1, 0.15) is 0 Å². The van der Waals surface area contributed by atoms with Crippen LogP contribution < -0.4 is 5.32 Å². The molecule has 0 amide bonds. The Morgan fingerprint density at radius 2 is 2.18 bits per heavy atom. The fourth-order valence-corrected chi connectivity index (χ4v) is 1.26. The van der Waals surface area contributed by atoms with Crippen LogP contribution in [0.25, 0.3) is 0 Å². The zero-order valence-corrected chi connectivity index (χ0v) is 8.06. The quantitative estimate of drug-likeness (QED) is 0.581. The summed E-state index contributed by atoms with van der Waals surface area (Å²) in [6.45, 7) is 8.24. The minimum atomic E-state index is 0.589. The third kappa shape index (κ3) is 4.20. The zero-order chi connectivity index (χ0) is 8.69. The molecule has 0 bridgehead atoms. The van der Waals surface area contributed by atoms with E-state index in [1.807, 2.05) is 13.1 Å². The second-order valence-electron chi connectivity index (χ2n) is 3.13. The summed E-state index contributed by atoms with van der Waals surface area (Å²) in [6.07, 6.45) is 5.88. The number of hydrogen-bond donors (Lipinski definition) is 1. The molecule has 1 N–H and O–H groups in total. The van der Waals surface area contributed by atoms with Crippen molar-refractivity contribution in [1.29, 1.82) is 0 Å². The van der Waals surface area contributed by atoms with E-state index in [-0.39, 0.29) is 0 Å². The first kappa shape index (κ1) is 10.7. The van der Waals surface area contributed by atoms with Gasteiger partial charge in [-0.3, -0.25) is 0 Å². The van der Waals surface area contributed by atoms with Crippen LogP contribution in [-0.4, -0.2) is 13.1 Å². The summed E-state index contributed by atoms with van der Waals surface area (Å²) in [7, 11) is 2.03. The summed E-state index contributed by atoms with van der Waals surface area (Å²) < 4.78 is 0. The molecule has 0 spiro atoms. The second-order valence-corrected chi connectivity index (χ2v) is 3.13. The van der Waals surface area contributed by atoms with Crippen LogP contribution in [0, 0.1) is 5.92 Å². The molecule has 0 aromatic rings.